The number of amides is 1. The summed E-state index contributed by atoms with van der Waals surface area (Å²) in [4.78, 5) is 12.2. The first-order valence-corrected chi connectivity index (χ1v) is 11.2. The van der Waals surface area contributed by atoms with E-state index in [-0.39, 0.29) is 29.0 Å². The van der Waals surface area contributed by atoms with E-state index in [2.05, 4.69) is 10.0 Å². The number of halogens is 2. The Balaban J connectivity index is 1.53. The molecule has 1 aliphatic rings. The van der Waals surface area contributed by atoms with Crippen molar-refractivity contribution in [1.29, 1.82) is 0 Å². The Labute approximate surface area is 169 Å². The molecule has 2 N–H and O–H groups in total. The van der Waals surface area contributed by atoms with Crippen molar-refractivity contribution < 1.29 is 22.0 Å². The Hall–Kier alpha value is -2.32. The van der Waals surface area contributed by atoms with Gasteiger partial charge in [0.15, 0.2) is 11.6 Å². The largest absolute Gasteiger partial charge is 0.326 e. The lowest BCUT2D eigenvalue weighted by atomic mass is 9.96. The number of anilines is 1. The van der Waals surface area contributed by atoms with Gasteiger partial charge in [-0.2, -0.15) is 0 Å². The lowest BCUT2D eigenvalue weighted by molar-refractivity contribution is -0.116. The molecule has 0 atom stereocenters. The minimum Gasteiger partial charge on any atom is -0.326 e. The maximum Gasteiger partial charge on any atom is 0.240 e. The quantitative estimate of drug-likeness (QED) is 0.704. The molecular formula is C21H24F2N2O3S. The molecule has 0 unspecified atom stereocenters. The maximum absolute atomic E-state index is 13.2. The summed E-state index contributed by atoms with van der Waals surface area (Å²) in [6.07, 6.45) is 5.49. The zero-order valence-electron chi connectivity index (χ0n) is 16.0. The molecule has 0 radical (unpaired) electrons. The molecular weight excluding hydrogens is 398 g/mol. The van der Waals surface area contributed by atoms with E-state index in [0.717, 1.165) is 49.8 Å². The first kappa shape index (κ1) is 21.4. The number of nitrogens with one attached hydrogen (secondary N) is 2. The van der Waals surface area contributed by atoms with Crippen molar-refractivity contribution in [2.75, 3.05) is 5.32 Å². The molecule has 0 aliphatic heterocycles. The predicted octanol–water partition coefficient (Wildman–Crippen LogP) is 4.15. The van der Waals surface area contributed by atoms with Gasteiger partial charge in [-0.1, -0.05) is 31.4 Å². The number of carbonyl (C=O) groups excluding carboxylic acids is 1. The van der Waals surface area contributed by atoms with Gasteiger partial charge >= 0.3 is 0 Å². The van der Waals surface area contributed by atoms with Crippen LogP contribution < -0.4 is 10.0 Å². The van der Waals surface area contributed by atoms with Crippen LogP contribution in [0.5, 0.6) is 0 Å². The minimum atomic E-state index is -3.55. The summed E-state index contributed by atoms with van der Waals surface area (Å²) in [6, 6.07) is 9.59. The number of hydrogen-bond acceptors (Lipinski definition) is 3. The average Bonchev–Trinajstić information content (AvgIpc) is 2.70. The third kappa shape index (κ3) is 6.08. The lowest BCUT2D eigenvalue weighted by Crippen LogP contribution is -2.36. The fourth-order valence-corrected chi connectivity index (χ4v) is 4.70. The first-order chi connectivity index (χ1) is 13.8. The number of hydrogen-bond donors (Lipinski definition) is 2. The highest BCUT2D eigenvalue weighted by atomic mass is 32.2. The van der Waals surface area contributed by atoms with Crippen molar-refractivity contribution in [3.63, 3.8) is 0 Å². The summed E-state index contributed by atoms with van der Waals surface area (Å²) in [5.74, 6) is -2.34. The molecule has 1 aliphatic carbocycles. The van der Waals surface area contributed by atoms with Crippen LogP contribution in [0.3, 0.4) is 0 Å². The Bertz CT molecular complexity index is 956. The predicted molar refractivity (Wildman–Crippen MR) is 107 cm³/mol. The van der Waals surface area contributed by atoms with Crippen molar-refractivity contribution in [2.45, 2.75) is 55.9 Å². The monoisotopic (exact) mass is 422 g/mol. The van der Waals surface area contributed by atoms with Crippen LogP contribution in [-0.4, -0.2) is 20.4 Å². The first-order valence-electron chi connectivity index (χ1n) is 9.70. The molecule has 3 rings (SSSR count). The van der Waals surface area contributed by atoms with Crippen LogP contribution in [0.2, 0.25) is 0 Å². The van der Waals surface area contributed by atoms with Crippen LogP contribution >= 0.6 is 0 Å². The van der Waals surface area contributed by atoms with E-state index in [1.807, 2.05) is 0 Å². The molecule has 1 fully saturated rings. The highest BCUT2D eigenvalue weighted by Gasteiger charge is 2.21. The Morgan fingerprint density at radius 1 is 0.966 bits per heavy atom. The number of rotatable bonds is 7. The Morgan fingerprint density at radius 3 is 2.31 bits per heavy atom. The highest BCUT2D eigenvalue weighted by Crippen LogP contribution is 2.20. The van der Waals surface area contributed by atoms with Crippen molar-refractivity contribution in [2.24, 2.45) is 0 Å². The molecule has 2 aromatic carbocycles. The van der Waals surface area contributed by atoms with Crippen LogP contribution in [0.25, 0.3) is 0 Å². The van der Waals surface area contributed by atoms with Crippen LogP contribution in [0, 0.1) is 11.6 Å². The fourth-order valence-electron chi connectivity index (χ4n) is 3.40. The fraction of sp³-hybridized carbons (Fsp3) is 0.381. The topological polar surface area (TPSA) is 75.3 Å². The number of benzene rings is 2. The number of sulfonamides is 1. The second kappa shape index (κ2) is 9.45. The molecule has 0 spiro atoms. The van der Waals surface area contributed by atoms with Gasteiger partial charge in [0.05, 0.1) is 4.90 Å². The molecule has 29 heavy (non-hydrogen) atoms. The summed E-state index contributed by atoms with van der Waals surface area (Å²) in [7, 11) is -3.55. The van der Waals surface area contributed by atoms with E-state index in [9.17, 15) is 22.0 Å². The summed E-state index contributed by atoms with van der Waals surface area (Å²) in [6.45, 7) is 0. The molecule has 0 saturated heterocycles. The molecule has 0 bridgehead atoms. The van der Waals surface area contributed by atoms with Gasteiger partial charge in [0.2, 0.25) is 15.9 Å². The van der Waals surface area contributed by atoms with Gasteiger partial charge in [0.25, 0.3) is 0 Å². The van der Waals surface area contributed by atoms with Gasteiger partial charge in [-0.3, -0.25) is 4.79 Å². The zero-order chi connectivity index (χ0) is 20.9. The third-order valence-electron chi connectivity index (χ3n) is 5.00. The summed E-state index contributed by atoms with van der Waals surface area (Å²) >= 11 is 0. The Kier molecular flexibility index (Phi) is 6.97. The SMILES string of the molecule is O=C(CCc1ccc(S(=O)(=O)NC2CCCCC2)cc1)Nc1ccc(F)c(F)c1. The average molecular weight is 422 g/mol. The van der Waals surface area contributed by atoms with Crippen molar-refractivity contribution in [3.05, 3.63) is 59.7 Å². The van der Waals surface area contributed by atoms with E-state index in [4.69, 9.17) is 0 Å². The third-order valence-corrected chi connectivity index (χ3v) is 6.54. The summed E-state index contributed by atoms with van der Waals surface area (Å²) < 4.78 is 53.9. The minimum absolute atomic E-state index is 0.00609. The molecule has 0 heterocycles. The molecule has 0 aromatic heterocycles. The van der Waals surface area contributed by atoms with Gasteiger partial charge in [-0.05, 0) is 49.1 Å². The van der Waals surface area contributed by atoms with Crippen molar-refractivity contribution in [1.82, 2.24) is 4.72 Å². The van der Waals surface area contributed by atoms with E-state index < -0.39 is 21.7 Å². The maximum atomic E-state index is 13.2. The summed E-state index contributed by atoms with van der Waals surface area (Å²) in [5, 5.41) is 2.51. The molecule has 1 amide bonds. The van der Waals surface area contributed by atoms with Crippen LogP contribution in [-0.2, 0) is 21.2 Å². The van der Waals surface area contributed by atoms with Crippen molar-refractivity contribution >= 4 is 21.6 Å². The number of aryl methyl sites for hydroxylation is 1. The molecule has 2 aromatic rings. The molecule has 5 nitrogen and oxygen atoms in total. The molecule has 156 valence electrons. The van der Waals surface area contributed by atoms with Gasteiger partial charge in [0.1, 0.15) is 0 Å². The van der Waals surface area contributed by atoms with Gasteiger partial charge < -0.3 is 5.32 Å². The zero-order valence-corrected chi connectivity index (χ0v) is 16.8. The summed E-state index contributed by atoms with van der Waals surface area (Å²) in [5.41, 5.74) is 0.992. The normalized spacial score (nSPS) is 15.2. The Morgan fingerprint density at radius 2 is 1.66 bits per heavy atom. The van der Waals surface area contributed by atoms with Gasteiger partial charge in [0, 0.05) is 24.2 Å². The van der Waals surface area contributed by atoms with Crippen LogP contribution in [0.15, 0.2) is 47.4 Å². The smallest absolute Gasteiger partial charge is 0.240 e. The van der Waals surface area contributed by atoms with E-state index in [1.54, 1.807) is 12.1 Å². The second-order valence-electron chi connectivity index (χ2n) is 7.28. The van der Waals surface area contributed by atoms with Crippen LogP contribution in [0.1, 0.15) is 44.1 Å². The second-order valence-corrected chi connectivity index (χ2v) is 8.99. The van der Waals surface area contributed by atoms with Crippen molar-refractivity contribution in [3.8, 4) is 0 Å². The van der Waals surface area contributed by atoms with E-state index >= 15 is 0 Å². The van der Waals surface area contributed by atoms with Gasteiger partial charge in [-0.25, -0.2) is 21.9 Å². The van der Waals surface area contributed by atoms with E-state index in [1.165, 1.54) is 18.2 Å². The van der Waals surface area contributed by atoms with Crippen LogP contribution in [0.4, 0.5) is 14.5 Å². The number of carbonyl (C=O) groups is 1. The van der Waals surface area contributed by atoms with E-state index in [0.29, 0.717) is 6.42 Å². The standard InChI is InChI=1S/C21H24F2N2O3S/c22-19-12-9-17(14-20(19)23)24-21(26)13-8-15-6-10-18(11-7-15)29(27,28)25-16-4-2-1-3-5-16/h6-7,9-12,14,16,25H,1-5,8,13H2,(H,24,26). The molecule has 1 saturated carbocycles. The highest BCUT2D eigenvalue weighted by molar-refractivity contribution is 7.89. The van der Waals surface area contributed by atoms with Gasteiger partial charge in [-0.15, -0.1) is 0 Å². The lowest BCUT2D eigenvalue weighted by Gasteiger charge is -2.22. The molecule has 8 heteroatoms.